The first kappa shape index (κ1) is 10.7. The monoisotopic (exact) mass is 243 g/mol. The molecule has 0 aromatic carbocycles. The summed E-state index contributed by atoms with van der Waals surface area (Å²) in [5.41, 5.74) is 1.41. The number of nitrogens with zero attached hydrogens (tertiary/aromatic N) is 5. The fourth-order valence-corrected chi connectivity index (χ4v) is 1.69. The summed E-state index contributed by atoms with van der Waals surface area (Å²) in [5, 5.41) is 7.35. The Bertz CT molecular complexity index is 641. The molecule has 0 saturated heterocycles. The van der Waals surface area contributed by atoms with Crippen molar-refractivity contribution < 1.29 is 0 Å². The van der Waals surface area contributed by atoms with E-state index in [2.05, 4.69) is 37.3 Å². The lowest BCUT2D eigenvalue weighted by Crippen LogP contribution is -2.08. The quantitative estimate of drug-likeness (QED) is 0.722. The second kappa shape index (κ2) is 4.44. The van der Waals surface area contributed by atoms with E-state index in [9.17, 15) is 0 Å². The summed E-state index contributed by atoms with van der Waals surface area (Å²) < 4.78 is 1.69. The van der Waals surface area contributed by atoms with Crippen molar-refractivity contribution >= 4 is 17.1 Å². The highest BCUT2D eigenvalue weighted by Gasteiger charge is 2.11. The molecule has 3 rings (SSSR count). The number of aromatic nitrogens is 6. The second-order valence-electron chi connectivity index (χ2n) is 3.85. The van der Waals surface area contributed by atoms with Crippen molar-refractivity contribution in [2.45, 2.75) is 13.3 Å². The number of imidazole rings is 1. The van der Waals surface area contributed by atoms with Gasteiger partial charge in [0.15, 0.2) is 11.5 Å². The molecule has 0 aliphatic rings. The van der Waals surface area contributed by atoms with Gasteiger partial charge in [0.2, 0.25) is 5.95 Å². The van der Waals surface area contributed by atoms with Crippen LogP contribution in [0, 0.1) is 0 Å². The van der Waals surface area contributed by atoms with E-state index >= 15 is 0 Å². The summed E-state index contributed by atoms with van der Waals surface area (Å²) in [6, 6.07) is 1.85. The number of anilines is 1. The molecule has 0 spiro atoms. The van der Waals surface area contributed by atoms with Crippen LogP contribution in [0.25, 0.3) is 17.0 Å². The first-order valence-electron chi connectivity index (χ1n) is 5.83. The average molecular weight is 243 g/mol. The first-order chi connectivity index (χ1) is 8.88. The van der Waals surface area contributed by atoms with Crippen molar-refractivity contribution in [2.24, 2.45) is 0 Å². The lowest BCUT2D eigenvalue weighted by molar-refractivity contribution is 0.845. The highest BCUT2D eigenvalue weighted by Crippen LogP contribution is 2.16. The number of rotatable bonds is 4. The van der Waals surface area contributed by atoms with Crippen LogP contribution in [0.3, 0.4) is 0 Å². The minimum absolute atomic E-state index is 0.571. The van der Waals surface area contributed by atoms with Crippen LogP contribution in [0.1, 0.15) is 13.3 Å². The van der Waals surface area contributed by atoms with E-state index < -0.39 is 0 Å². The maximum absolute atomic E-state index is 4.46. The predicted molar refractivity (Wildman–Crippen MR) is 67.6 cm³/mol. The Labute approximate surface area is 103 Å². The lowest BCUT2D eigenvalue weighted by atomic mass is 10.4. The highest BCUT2D eigenvalue weighted by atomic mass is 15.3. The van der Waals surface area contributed by atoms with Gasteiger partial charge in [-0.05, 0) is 12.5 Å². The third kappa shape index (κ3) is 1.79. The molecule has 0 aliphatic carbocycles. The molecule has 0 radical (unpaired) electrons. The summed E-state index contributed by atoms with van der Waals surface area (Å²) in [6.07, 6.45) is 6.17. The topological polar surface area (TPSA) is 84.3 Å². The van der Waals surface area contributed by atoms with E-state index in [1.54, 1.807) is 17.2 Å². The molecule has 0 aliphatic heterocycles. The predicted octanol–water partition coefficient (Wildman–Crippen LogP) is 1.36. The standard InChI is InChI=1S/C11H13N7/c1-2-4-12-11-16-9-8(13-7-14-9)10(17-11)18-6-3-5-15-18/h3,5-7H,2,4H2,1H3,(H2,12,13,14,16,17). The molecule has 0 bridgehead atoms. The minimum atomic E-state index is 0.571. The van der Waals surface area contributed by atoms with Crippen molar-refractivity contribution in [1.82, 2.24) is 29.7 Å². The Balaban J connectivity index is 2.12. The van der Waals surface area contributed by atoms with Crippen molar-refractivity contribution in [2.75, 3.05) is 11.9 Å². The molecule has 18 heavy (non-hydrogen) atoms. The highest BCUT2D eigenvalue weighted by molar-refractivity contribution is 5.79. The SMILES string of the molecule is CCCNc1nc(-n2cccn2)c2[nH]cnc2n1. The molecule has 0 unspecified atom stereocenters. The van der Waals surface area contributed by atoms with E-state index in [4.69, 9.17) is 0 Å². The largest absolute Gasteiger partial charge is 0.354 e. The smallest absolute Gasteiger partial charge is 0.226 e. The zero-order valence-corrected chi connectivity index (χ0v) is 9.96. The van der Waals surface area contributed by atoms with Crippen LogP contribution in [-0.4, -0.2) is 36.3 Å². The number of fused-ring (bicyclic) bond motifs is 1. The van der Waals surface area contributed by atoms with Gasteiger partial charge in [-0.2, -0.15) is 15.1 Å². The fourth-order valence-electron chi connectivity index (χ4n) is 1.69. The molecule has 3 aromatic heterocycles. The Hall–Kier alpha value is -2.44. The number of hydrogen-bond acceptors (Lipinski definition) is 5. The molecule has 7 heteroatoms. The normalized spacial score (nSPS) is 10.9. The van der Waals surface area contributed by atoms with Gasteiger partial charge in [0.25, 0.3) is 0 Å². The van der Waals surface area contributed by atoms with E-state index in [1.165, 1.54) is 0 Å². The van der Waals surface area contributed by atoms with Crippen LogP contribution in [-0.2, 0) is 0 Å². The number of H-pyrrole nitrogens is 1. The molecule has 3 aromatic rings. The maximum Gasteiger partial charge on any atom is 0.226 e. The van der Waals surface area contributed by atoms with Gasteiger partial charge in [0.1, 0.15) is 5.52 Å². The molecule has 2 N–H and O–H groups in total. The molecular weight excluding hydrogens is 230 g/mol. The molecule has 0 saturated carbocycles. The van der Waals surface area contributed by atoms with Crippen molar-refractivity contribution in [1.29, 1.82) is 0 Å². The molecule has 7 nitrogen and oxygen atoms in total. The van der Waals surface area contributed by atoms with E-state index in [-0.39, 0.29) is 0 Å². The van der Waals surface area contributed by atoms with E-state index in [0.717, 1.165) is 18.5 Å². The molecule has 92 valence electrons. The Morgan fingerprint density at radius 1 is 1.39 bits per heavy atom. The first-order valence-corrected chi connectivity index (χ1v) is 5.83. The summed E-state index contributed by atoms with van der Waals surface area (Å²) in [7, 11) is 0. The second-order valence-corrected chi connectivity index (χ2v) is 3.85. The van der Waals surface area contributed by atoms with Gasteiger partial charge in [0.05, 0.1) is 6.33 Å². The Morgan fingerprint density at radius 2 is 2.33 bits per heavy atom. The Kier molecular flexibility index (Phi) is 2.64. The van der Waals surface area contributed by atoms with Crippen LogP contribution in [0.4, 0.5) is 5.95 Å². The molecule has 0 amide bonds. The molecule has 0 fully saturated rings. The lowest BCUT2D eigenvalue weighted by Gasteiger charge is -2.06. The zero-order valence-electron chi connectivity index (χ0n) is 9.96. The minimum Gasteiger partial charge on any atom is -0.354 e. The van der Waals surface area contributed by atoms with E-state index in [0.29, 0.717) is 17.4 Å². The third-order valence-corrected chi connectivity index (χ3v) is 2.52. The van der Waals surface area contributed by atoms with Crippen LogP contribution in [0.15, 0.2) is 24.8 Å². The zero-order chi connectivity index (χ0) is 12.4. The van der Waals surface area contributed by atoms with Crippen molar-refractivity contribution in [3.8, 4) is 5.82 Å². The van der Waals surface area contributed by atoms with Gasteiger partial charge in [-0.3, -0.25) is 0 Å². The van der Waals surface area contributed by atoms with Crippen LogP contribution < -0.4 is 5.32 Å². The summed E-state index contributed by atoms with van der Waals surface area (Å²) in [4.78, 5) is 16.0. The van der Waals surface area contributed by atoms with Crippen LogP contribution in [0.2, 0.25) is 0 Å². The summed E-state index contributed by atoms with van der Waals surface area (Å²) >= 11 is 0. The number of hydrogen-bond donors (Lipinski definition) is 2. The van der Waals surface area contributed by atoms with Crippen LogP contribution in [0.5, 0.6) is 0 Å². The van der Waals surface area contributed by atoms with Gasteiger partial charge in [0, 0.05) is 18.9 Å². The van der Waals surface area contributed by atoms with Gasteiger partial charge in [-0.1, -0.05) is 6.92 Å². The van der Waals surface area contributed by atoms with Crippen molar-refractivity contribution in [3.05, 3.63) is 24.8 Å². The molecular formula is C11H13N7. The van der Waals surface area contributed by atoms with Gasteiger partial charge >= 0.3 is 0 Å². The Morgan fingerprint density at radius 3 is 3.11 bits per heavy atom. The summed E-state index contributed by atoms with van der Waals surface area (Å²) in [5.74, 6) is 1.27. The number of nitrogens with one attached hydrogen (secondary N) is 2. The van der Waals surface area contributed by atoms with E-state index in [1.807, 2.05) is 12.3 Å². The maximum atomic E-state index is 4.46. The molecule has 3 heterocycles. The van der Waals surface area contributed by atoms with Crippen LogP contribution >= 0.6 is 0 Å². The third-order valence-electron chi connectivity index (χ3n) is 2.52. The molecule has 0 atom stereocenters. The van der Waals surface area contributed by atoms with Crippen molar-refractivity contribution in [3.63, 3.8) is 0 Å². The van der Waals surface area contributed by atoms with Gasteiger partial charge in [-0.15, -0.1) is 0 Å². The summed E-state index contributed by atoms with van der Waals surface area (Å²) in [6.45, 7) is 2.92. The fraction of sp³-hybridized carbons (Fsp3) is 0.273. The average Bonchev–Trinajstić information content (AvgIpc) is 3.05. The van der Waals surface area contributed by atoms with Gasteiger partial charge in [-0.25, -0.2) is 9.67 Å². The number of aromatic amines is 1. The van der Waals surface area contributed by atoms with Gasteiger partial charge < -0.3 is 10.3 Å².